The maximum Gasteiger partial charge on any atom is 0.309 e. The average Bonchev–Trinajstić information content (AvgIpc) is 3.60. The second kappa shape index (κ2) is 11.5. The Morgan fingerprint density at radius 3 is 2.32 bits per heavy atom. The molecule has 2 aliphatic rings. The summed E-state index contributed by atoms with van der Waals surface area (Å²) in [7, 11) is 0. The molecule has 1 aromatic carbocycles. The number of hydrogen-bond donors (Lipinski definition) is 0. The SMILES string of the molecule is CCOC(=O)C1CCN(C(=O)c2csc(C3CCN(C(=O)c4cnn(-c5ccccc5)c4C)CC3)n2)CC1. The molecule has 0 unspecified atom stereocenters. The number of thiazole rings is 1. The number of para-hydroxylation sites is 1. The lowest BCUT2D eigenvalue weighted by Gasteiger charge is -2.31. The first kappa shape index (κ1) is 26.1. The molecule has 2 aromatic heterocycles. The number of aromatic nitrogens is 3. The Morgan fingerprint density at radius 1 is 0.974 bits per heavy atom. The first-order valence-corrected chi connectivity index (χ1v) is 14.1. The van der Waals surface area contributed by atoms with Crippen LogP contribution in [0.4, 0.5) is 0 Å². The Bertz CT molecular complexity index is 1290. The molecule has 5 rings (SSSR count). The predicted molar refractivity (Wildman–Crippen MR) is 144 cm³/mol. The number of likely N-dealkylation sites (tertiary alicyclic amines) is 2. The van der Waals surface area contributed by atoms with Crippen LogP contribution in [0.2, 0.25) is 0 Å². The van der Waals surface area contributed by atoms with Crippen molar-refractivity contribution in [3.05, 3.63) is 63.9 Å². The molecule has 3 aromatic rings. The van der Waals surface area contributed by atoms with Gasteiger partial charge in [0.1, 0.15) is 5.69 Å². The minimum absolute atomic E-state index is 0.00403. The standard InChI is InChI=1S/C28H33N5O4S/c1-3-37-28(36)21-11-15-32(16-12-21)27(35)24-18-38-25(30-24)20-9-13-31(14-10-20)26(34)23-17-29-33(19(23)2)22-7-5-4-6-8-22/h4-8,17-18,20-21H,3,9-16H2,1-2H3. The number of piperidine rings is 2. The average molecular weight is 536 g/mol. The lowest BCUT2D eigenvalue weighted by molar-refractivity contribution is -0.149. The molecule has 0 spiro atoms. The van der Waals surface area contributed by atoms with E-state index in [9.17, 15) is 14.4 Å². The van der Waals surface area contributed by atoms with E-state index in [1.165, 1.54) is 11.3 Å². The molecule has 0 bridgehead atoms. The number of carbonyl (C=O) groups excluding carboxylic acids is 3. The van der Waals surface area contributed by atoms with Crippen LogP contribution in [0.15, 0.2) is 41.9 Å². The zero-order chi connectivity index (χ0) is 26.6. The van der Waals surface area contributed by atoms with Gasteiger partial charge in [-0.15, -0.1) is 11.3 Å². The fraction of sp³-hybridized carbons (Fsp3) is 0.464. The van der Waals surface area contributed by atoms with Crippen molar-refractivity contribution < 1.29 is 19.1 Å². The van der Waals surface area contributed by atoms with Crippen LogP contribution in [0.25, 0.3) is 5.69 Å². The molecular formula is C28H33N5O4S. The highest BCUT2D eigenvalue weighted by molar-refractivity contribution is 7.09. The molecule has 38 heavy (non-hydrogen) atoms. The van der Waals surface area contributed by atoms with Gasteiger partial charge in [0.2, 0.25) is 0 Å². The van der Waals surface area contributed by atoms with Crippen molar-refractivity contribution in [1.29, 1.82) is 0 Å². The number of ether oxygens (including phenoxy) is 1. The zero-order valence-electron chi connectivity index (χ0n) is 21.8. The van der Waals surface area contributed by atoms with Gasteiger partial charge in [-0.1, -0.05) is 18.2 Å². The highest BCUT2D eigenvalue weighted by atomic mass is 32.1. The Labute approximate surface area is 226 Å². The number of amides is 2. The first-order chi connectivity index (χ1) is 18.5. The molecule has 2 aliphatic heterocycles. The summed E-state index contributed by atoms with van der Waals surface area (Å²) in [5, 5.41) is 7.24. The van der Waals surface area contributed by atoms with E-state index in [2.05, 4.69) is 5.10 Å². The third kappa shape index (κ3) is 5.36. The largest absolute Gasteiger partial charge is 0.466 e. The van der Waals surface area contributed by atoms with E-state index in [4.69, 9.17) is 9.72 Å². The van der Waals surface area contributed by atoms with Gasteiger partial charge < -0.3 is 14.5 Å². The summed E-state index contributed by atoms with van der Waals surface area (Å²) in [5.74, 6) is -0.138. The van der Waals surface area contributed by atoms with Crippen LogP contribution in [0.1, 0.15) is 70.1 Å². The van der Waals surface area contributed by atoms with Crippen LogP contribution in [0, 0.1) is 12.8 Å². The molecule has 0 saturated carbocycles. The lowest BCUT2D eigenvalue weighted by Crippen LogP contribution is -2.40. The summed E-state index contributed by atoms with van der Waals surface area (Å²) < 4.78 is 6.92. The topological polar surface area (TPSA) is 97.6 Å². The van der Waals surface area contributed by atoms with Gasteiger partial charge in [0, 0.05) is 37.5 Å². The van der Waals surface area contributed by atoms with Gasteiger partial charge in [0.25, 0.3) is 11.8 Å². The fourth-order valence-corrected chi connectivity index (χ4v) is 6.23. The molecule has 2 saturated heterocycles. The molecule has 4 heterocycles. The number of hydrogen-bond acceptors (Lipinski definition) is 7. The first-order valence-electron chi connectivity index (χ1n) is 13.3. The Morgan fingerprint density at radius 2 is 1.63 bits per heavy atom. The Hall–Kier alpha value is -3.53. The molecule has 2 fully saturated rings. The van der Waals surface area contributed by atoms with Crippen molar-refractivity contribution in [1.82, 2.24) is 24.6 Å². The molecule has 0 radical (unpaired) electrons. The van der Waals surface area contributed by atoms with E-state index >= 15 is 0 Å². The van der Waals surface area contributed by atoms with Crippen molar-refractivity contribution in [2.24, 2.45) is 5.92 Å². The van der Waals surface area contributed by atoms with Crippen LogP contribution in [-0.4, -0.2) is 75.1 Å². The number of rotatable bonds is 6. The highest BCUT2D eigenvalue weighted by Crippen LogP contribution is 2.32. The second-order valence-corrected chi connectivity index (χ2v) is 10.7. The van der Waals surface area contributed by atoms with E-state index < -0.39 is 0 Å². The number of nitrogens with zero attached hydrogens (tertiary/aromatic N) is 5. The van der Waals surface area contributed by atoms with Crippen LogP contribution >= 0.6 is 11.3 Å². The maximum absolute atomic E-state index is 13.3. The second-order valence-electron chi connectivity index (χ2n) is 9.85. The highest BCUT2D eigenvalue weighted by Gasteiger charge is 2.31. The monoisotopic (exact) mass is 535 g/mol. The molecule has 0 N–H and O–H groups in total. The summed E-state index contributed by atoms with van der Waals surface area (Å²) in [4.78, 5) is 46.6. The minimum atomic E-state index is -0.166. The third-order valence-corrected chi connectivity index (χ3v) is 8.52. The summed E-state index contributed by atoms with van der Waals surface area (Å²) in [5.41, 5.74) is 2.86. The quantitative estimate of drug-likeness (QED) is 0.442. The van der Waals surface area contributed by atoms with E-state index in [-0.39, 0.29) is 29.6 Å². The maximum atomic E-state index is 13.3. The van der Waals surface area contributed by atoms with Crippen LogP contribution in [-0.2, 0) is 9.53 Å². The Kier molecular flexibility index (Phi) is 7.87. The van der Waals surface area contributed by atoms with E-state index in [0.29, 0.717) is 56.9 Å². The Balaban J connectivity index is 1.15. The van der Waals surface area contributed by atoms with Gasteiger partial charge in [-0.3, -0.25) is 14.4 Å². The summed E-state index contributed by atoms with van der Waals surface area (Å²) in [6.45, 7) is 6.47. The van der Waals surface area contributed by atoms with Gasteiger partial charge >= 0.3 is 5.97 Å². The summed E-state index contributed by atoms with van der Waals surface area (Å²) in [6.07, 6.45) is 4.52. The van der Waals surface area contributed by atoms with Gasteiger partial charge in [-0.25, -0.2) is 9.67 Å². The normalized spacial score (nSPS) is 17.0. The van der Waals surface area contributed by atoms with Crippen LogP contribution < -0.4 is 0 Å². The van der Waals surface area contributed by atoms with Gasteiger partial charge in [-0.05, 0) is 51.7 Å². The molecular weight excluding hydrogens is 502 g/mol. The third-order valence-electron chi connectivity index (χ3n) is 7.52. The van der Waals surface area contributed by atoms with Crippen LogP contribution in [0.5, 0.6) is 0 Å². The van der Waals surface area contributed by atoms with Crippen molar-refractivity contribution in [3.63, 3.8) is 0 Å². The van der Waals surface area contributed by atoms with Crippen molar-refractivity contribution >= 4 is 29.1 Å². The molecule has 9 nitrogen and oxygen atoms in total. The van der Waals surface area contributed by atoms with Crippen molar-refractivity contribution in [2.45, 2.75) is 45.4 Å². The zero-order valence-corrected chi connectivity index (χ0v) is 22.7. The van der Waals surface area contributed by atoms with Gasteiger partial charge in [0.05, 0.1) is 40.7 Å². The van der Waals surface area contributed by atoms with Gasteiger partial charge in [-0.2, -0.15) is 5.10 Å². The molecule has 0 atom stereocenters. The number of benzene rings is 1. The van der Waals surface area contributed by atoms with E-state index in [1.807, 2.05) is 47.5 Å². The van der Waals surface area contributed by atoms with Gasteiger partial charge in [0.15, 0.2) is 0 Å². The molecule has 2 amide bonds. The van der Waals surface area contributed by atoms with Crippen LogP contribution in [0.3, 0.4) is 0 Å². The molecule has 10 heteroatoms. The van der Waals surface area contributed by atoms with Crippen molar-refractivity contribution in [3.8, 4) is 5.69 Å². The lowest BCUT2D eigenvalue weighted by atomic mass is 9.96. The van der Waals surface area contributed by atoms with Crippen molar-refractivity contribution in [2.75, 3.05) is 32.8 Å². The molecule has 0 aliphatic carbocycles. The number of carbonyl (C=O) groups is 3. The van der Waals surface area contributed by atoms with E-state index in [0.717, 1.165) is 29.2 Å². The summed E-state index contributed by atoms with van der Waals surface area (Å²) in [6, 6.07) is 9.80. The fourth-order valence-electron chi connectivity index (χ4n) is 5.26. The van der Waals surface area contributed by atoms with E-state index in [1.54, 1.807) is 22.7 Å². The predicted octanol–water partition coefficient (Wildman–Crippen LogP) is 4.07. The smallest absolute Gasteiger partial charge is 0.309 e. The number of esters is 1. The minimum Gasteiger partial charge on any atom is -0.466 e. The molecule has 200 valence electrons. The summed E-state index contributed by atoms with van der Waals surface area (Å²) >= 11 is 1.52.